The monoisotopic (exact) mass is 1530 g/mol. The molecule has 0 spiro atoms. The van der Waals surface area contributed by atoms with Crippen molar-refractivity contribution in [2.75, 3.05) is 52.5 Å². The average Bonchev–Trinajstić information content (AvgIpc) is 1.66. The highest BCUT2D eigenvalue weighted by Crippen LogP contribution is 2.30. The Morgan fingerprint density at radius 2 is 0.817 bits per heavy atom. The van der Waals surface area contributed by atoms with E-state index in [4.69, 9.17) is 5.73 Å². The first kappa shape index (κ1) is 87.5. The SMILES string of the molecule is CC(C)C[C@H](NC(=O)[C@H](CCC(=O)O)NC(=O)[C@H](Cc1ccc(O)cc1)NC(=O)[C@H](CO)NC(=O)[C@@H]1CCCN1C(=O)[C@@H]1CCCN1C(=O)[C@@H]1CCCN1C(=O)[C@H](CC(C)C)NC(=O)[C@H](CO)NC(=O)[C@H](Cc1ccccc1)NC(=O)CNC(=O)[C@H](C)N)C(=O)N1CCC[C@H]1C(=O)N[C@@H](C)C(=O)N[C@@H](CO)C(=O)O. The summed E-state index contributed by atoms with van der Waals surface area (Å²) < 4.78 is 0. The number of amides is 14. The molecule has 2 aromatic carbocycles. The zero-order chi connectivity index (χ0) is 80.5. The van der Waals surface area contributed by atoms with Gasteiger partial charge >= 0.3 is 11.9 Å². The number of likely N-dealkylation sites (tertiary alicyclic amines) is 4. The van der Waals surface area contributed by atoms with Gasteiger partial charge in [-0.3, -0.25) is 71.9 Å². The van der Waals surface area contributed by atoms with Crippen molar-refractivity contribution < 1.29 is 107 Å². The number of carbonyl (C=O) groups is 16. The number of phenolic OH excluding ortho intramolecular Hbond substituents is 1. The third-order valence-corrected chi connectivity index (χ3v) is 19.2. The van der Waals surface area contributed by atoms with Gasteiger partial charge in [-0.25, -0.2) is 4.79 Å². The zero-order valence-corrected chi connectivity index (χ0v) is 62.1. The third-order valence-electron chi connectivity index (χ3n) is 19.2. The summed E-state index contributed by atoms with van der Waals surface area (Å²) >= 11 is 0. The summed E-state index contributed by atoms with van der Waals surface area (Å²) in [6.07, 6.45) is 0.138. The lowest BCUT2D eigenvalue weighted by molar-refractivity contribution is -0.151. The van der Waals surface area contributed by atoms with Crippen molar-refractivity contribution >= 4 is 94.6 Å². The molecule has 4 heterocycles. The number of nitrogens with zero attached hydrogens (tertiary/aromatic N) is 4. The van der Waals surface area contributed by atoms with Gasteiger partial charge in [-0.1, -0.05) is 70.2 Å². The van der Waals surface area contributed by atoms with E-state index in [-0.39, 0.29) is 102 Å². The van der Waals surface area contributed by atoms with E-state index < -0.39 is 218 Å². The quantitative estimate of drug-likeness (QED) is 0.0298. The Morgan fingerprint density at radius 3 is 1.30 bits per heavy atom. The van der Waals surface area contributed by atoms with Gasteiger partial charge in [0.1, 0.15) is 84.3 Å². The Morgan fingerprint density at radius 1 is 0.431 bits per heavy atom. The third kappa shape index (κ3) is 25.3. The first-order chi connectivity index (χ1) is 51.7. The van der Waals surface area contributed by atoms with Gasteiger partial charge in [0.05, 0.1) is 32.4 Å². The highest BCUT2D eigenvalue weighted by molar-refractivity contribution is 6.01. The molecular weight excluding hydrogens is 1430 g/mol. The zero-order valence-electron chi connectivity index (χ0n) is 62.1. The molecule has 0 saturated carbocycles. The first-order valence-corrected chi connectivity index (χ1v) is 36.7. The van der Waals surface area contributed by atoms with Crippen molar-refractivity contribution in [1.29, 1.82) is 0 Å². The molecule has 37 heteroatoms. The van der Waals surface area contributed by atoms with Gasteiger partial charge < -0.3 is 109 Å². The minimum atomic E-state index is -1.81. The van der Waals surface area contributed by atoms with Crippen LogP contribution in [0.3, 0.4) is 0 Å². The van der Waals surface area contributed by atoms with Gasteiger partial charge in [0.25, 0.3) is 0 Å². The second kappa shape index (κ2) is 41.8. The lowest BCUT2D eigenvalue weighted by Gasteiger charge is -2.35. The van der Waals surface area contributed by atoms with Crippen LogP contribution < -0.4 is 58.9 Å². The van der Waals surface area contributed by atoms with E-state index >= 15 is 0 Å². The summed E-state index contributed by atoms with van der Waals surface area (Å²) in [4.78, 5) is 224. The van der Waals surface area contributed by atoms with Gasteiger partial charge in [-0.15, -0.1) is 0 Å². The number of aliphatic hydroxyl groups is 3. The minimum absolute atomic E-state index is 0.0226. The van der Waals surface area contributed by atoms with Crippen LogP contribution in [0, 0.1) is 11.8 Å². The molecule has 4 aliphatic heterocycles. The summed E-state index contributed by atoms with van der Waals surface area (Å²) in [6, 6.07) is -5.45. The number of carboxylic acids is 2. The number of aliphatic hydroxyl groups excluding tert-OH is 3. The lowest BCUT2D eigenvalue weighted by atomic mass is 10.0. The molecule has 14 atom stereocenters. The molecule has 4 aliphatic rings. The van der Waals surface area contributed by atoms with E-state index in [0.29, 0.717) is 30.4 Å². The smallest absolute Gasteiger partial charge is 0.328 e. The van der Waals surface area contributed by atoms with Crippen LogP contribution in [0.5, 0.6) is 5.75 Å². The Kier molecular flexibility index (Phi) is 33.6. The summed E-state index contributed by atoms with van der Waals surface area (Å²) in [5, 5.41) is 84.3. The highest BCUT2D eigenvalue weighted by Gasteiger charge is 2.48. The Bertz CT molecular complexity index is 3590. The van der Waals surface area contributed by atoms with Crippen LogP contribution in [0.1, 0.15) is 130 Å². The van der Waals surface area contributed by atoms with Gasteiger partial charge in [-0.2, -0.15) is 0 Å². The summed E-state index contributed by atoms with van der Waals surface area (Å²) in [5.41, 5.74) is 6.54. The molecule has 18 N–H and O–H groups in total. The van der Waals surface area contributed by atoms with Gasteiger partial charge in [0, 0.05) is 45.4 Å². The molecule has 600 valence electrons. The van der Waals surface area contributed by atoms with Crippen LogP contribution in [0.25, 0.3) is 0 Å². The second-order valence-corrected chi connectivity index (χ2v) is 28.7. The maximum absolute atomic E-state index is 14.8. The van der Waals surface area contributed by atoms with Crippen molar-refractivity contribution in [3.05, 3.63) is 65.7 Å². The Hall–Kier alpha value is -10.4. The van der Waals surface area contributed by atoms with Crippen molar-refractivity contribution in [2.45, 2.75) is 216 Å². The normalized spacial score (nSPS) is 19.6. The predicted molar refractivity (Wildman–Crippen MR) is 385 cm³/mol. The molecule has 0 radical (unpaired) electrons. The van der Waals surface area contributed by atoms with Crippen molar-refractivity contribution in [1.82, 2.24) is 72.8 Å². The van der Waals surface area contributed by atoms with Crippen molar-refractivity contribution in [3.8, 4) is 5.75 Å². The molecule has 4 saturated heterocycles. The standard InChI is InChI=1S/C72H105N15O22/c1-38(2)30-48(68(104)84-26-10-16-53(84)66(102)75-41(6)60(96)83-52(37-90)72(108)109)79-61(97)45(24-25-58(93)94)77-63(99)47(33-43-20-22-44(91)23-21-43)78-64(100)51(36-89)82-67(103)54-17-11-27-85(54)70(106)56-19-13-29-87(56)71(107)55-18-12-28-86(55)69(105)49(31-39(3)4)80-65(101)50(35-88)81-62(98)46(32-42-14-8-7-9-15-42)76-57(92)34-74-59(95)40(5)73/h7-9,14-15,20-23,38-41,45-56,88-91H,10-13,16-19,24-37,73H2,1-6H3,(H,74,95)(H,75,102)(H,76,92)(H,77,99)(H,78,100)(H,79,97)(H,80,101)(H,81,98)(H,82,103)(H,83,96)(H,93,94)(H,108,109)/t40-,41-,45-,46-,47-,48-,49-,50-,51-,52-,53-,54-,55-,56-/m0/s1. The molecule has 2 aromatic rings. The van der Waals surface area contributed by atoms with Gasteiger partial charge in [0.2, 0.25) is 82.7 Å². The van der Waals surface area contributed by atoms with Crippen molar-refractivity contribution in [3.63, 3.8) is 0 Å². The average molecular weight is 1530 g/mol. The van der Waals surface area contributed by atoms with Gasteiger partial charge in [-0.05, 0) is 120 Å². The second-order valence-electron chi connectivity index (χ2n) is 28.7. The first-order valence-electron chi connectivity index (χ1n) is 36.7. The number of carboxylic acid groups (broad SMARTS) is 2. The summed E-state index contributed by atoms with van der Waals surface area (Å²) in [7, 11) is 0. The fraction of sp³-hybridized carbons (Fsp3) is 0.611. The van der Waals surface area contributed by atoms with E-state index in [2.05, 4.69) is 53.2 Å². The van der Waals surface area contributed by atoms with Gasteiger partial charge in [0.15, 0.2) is 0 Å². The fourth-order valence-corrected chi connectivity index (χ4v) is 13.5. The van der Waals surface area contributed by atoms with E-state index in [1.807, 2.05) is 0 Å². The van der Waals surface area contributed by atoms with Crippen LogP contribution in [-0.2, 0) is 89.6 Å². The predicted octanol–water partition coefficient (Wildman–Crippen LogP) is -4.99. The number of hydrogen-bond donors (Lipinski definition) is 17. The molecule has 0 bridgehead atoms. The van der Waals surface area contributed by atoms with Crippen LogP contribution in [0.4, 0.5) is 0 Å². The highest BCUT2D eigenvalue weighted by atomic mass is 16.4. The fourth-order valence-electron chi connectivity index (χ4n) is 13.5. The number of aliphatic carboxylic acids is 2. The molecule has 4 fully saturated rings. The maximum atomic E-state index is 14.8. The largest absolute Gasteiger partial charge is 0.508 e. The molecule has 6 rings (SSSR count). The molecular formula is C72H105N15O22. The Labute approximate surface area is 630 Å². The molecule has 109 heavy (non-hydrogen) atoms. The van der Waals surface area contributed by atoms with Crippen LogP contribution in [0.2, 0.25) is 0 Å². The van der Waals surface area contributed by atoms with E-state index in [1.54, 1.807) is 58.0 Å². The number of hydrogen-bond acceptors (Lipinski definition) is 21. The number of carbonyl (C=O) groups excluding carboxylic acids is 14. The summed E-state index contributed by atoms with van der Waals surface area (Å²) in [5.74, 6) is -15.3. The number of nitrogens with one attached hydrogen (secondary N) is 10. The maximum Gasteiger partial charge on any atom is 0.328 e. The molecule has 0 aromatic heterocycles. The van der Waals surface area contributed by atoms with E-state index in [9.17, 15) is 107 Å². The molecule has 37 nitrogen and oxygen atoms in total. The Balaban J connectivity index is 1.12. The number of nitrogens with two attached hydrogens (primary N) is 1. The molecule has 0 aliphatic carbocycles. The van der Waals surface area contributed by atoms with Crippen molar-refractivity contribution in [2.24, 2.45) is 17.6 Å². The number of benzene rings is 2. The van der Waals surface area contributed by atoms with Crippen LogP contribution >= 0.6 is 0 Å². The number of phenols is 1. The minimum Gasteiger partial charge on any atom is -0.508 e. The summed E-state index contributed by atoms with van der Waals surface area (Å²) in [6.45, 7) is 6.47. The van der Waals surface area contributed by atoms with Crippen LogP contribution in [-0.4, -0.2) is 282 Å². The number of aromatic hydroxyl groups is 1. The van der Waals surface area contributed by atoms with E-state index in [1.165, 1.54) is 57.7 Å². The molecule has 0 unspecified atom stereocenters. The number of rotatable bonds is 39. The molecule has 14 amide bonds. The van der Waals surface area contributed by atoms with Crippen LogP contribution in [0.15, 0.2) is 54.6 Å². The topological polar surface area (TPSA) is 554 Å². The lowest BCUT2D eigenvalue weighted by Crippen LogP contribution is -2.61. The van der Waals surface area contributed by atoms with E-state index in [0.717, 1.165) is 0 Å².